The van der Waals surface area contributed by atoms with Crippen LogP contribution in [-0.2, 0) is 0 Å². The lowest BCUT2D eigenvalue weighted by Gasteiger charge is -2.03. The molecule has 7 heteroatoms. The molecule has 0 saturated heterocycles. The van der Waals surface area contributed by atoms with Crippen LogP contribution in [0.1, 0.15) is 0 Å². The van der Waals surface area contributed by atoms with Gasteiger partial charge in [0.1, 0.15) is 11.5 Å². The second kappa shape index (κ2) is 4.09. The SMILES string of the molecule is CSc1nc(N)n(-c2ccc(F)cc2F)n1. The first kappa shape index (κ1) is 10.9. The van der Waals surface area contributed by atoms with Crippen LogP contribution in [0, 0.1) is 11.6 Å². The topological polar surface area (TPSA) is 56.7 Å². The van der Waals surface area contributed by atoms with Crippen molar-refractivity contribution >= 4 is 17.7 Å². The summed E-state index contributed by atoms with van der Waals surface area (Å²) >= 11 is 1.29. The molecule has 4 nitrogen and oxygen atoms in total. The highest BCUT2D eigenvalue weighted by Crippen LogP contribution is 2.19. The maximum absolute atomic E-state index is 13.4. The predicted octanol–water partition coefficient (Wildman–Crippen LogP) is 1.85. The molecule has 1 aromatic carbocycles. The molecular weight excluding hydrogens is 234 g/mol. The number of thioether (sulfide) groups is 1. The van der Waals surface area contributed by atoms with Crippen molar-refractivity contribution in [3.63, 3.8) is 0 Å². The molecule has 0 aliphatic rings. The molecule has 0 unspecified atom stereocenters. The average molecular weight is 242 g/mol. The molecule has 0 saturated carbocycles. The van der Waals surface area contributed by atoms with Crippen molar-refractivity contribution < 1.29 is 8.78 Å². The third-order valence-corrected chi connectivity index (χ3v) is 2.47. The molecule has 0 aliphatic heterocycles. The number of halogens is 2. The van der Waals surface area contributed by atoms with Gasteiger partial charge in [0.25, 0.3) is 0 Å². The summed E-state index contributed by atoms with van der Waals surface area (Å²) < 4.78 is 27.3. The summed E-state index contributed by atoms with van der Waals surface area (Å²) in [6.45, 7) is 0. The van der Waals surface area contributed by atoms with Crippen molar-refractivity contribution in [1.29, 1.82) is 0 Å². The highest BCUT2D eigenvalue weighted by molar-refractivity contribution is 7.98. The number of hydrogen-bond donors (Lipinski definition) is 1. The molecule has 1 aromatic heterocycles. The molecular formula is C9H8F2N4S. The number of nitrogens with two attached hydrogens (primary N) is 1. The summed E-state index contributed by atoms with van der Waals surface area (Å²) in [6, 6.07) is 3.17. The molecule has 0 fully saturated rings. The van der Waals surface area contributed by atoms with E-state index in [1.165, 1.54) is 17.8 Å². The molecule has 2 N–H and O–H groups in total. The minimum Gasteiger partial charge on any atom is -0.368 e. The van der Waals surface area contributed by atoms with E-state index in [1.54, 1.807) is 6.26 Å². The van der Waals surface area contributed by atoms with Crippen molar-refractivity contribution in [1.82, 2.24) is 14.8 Å². The first-order chi connectivity index (χ1) is 7.61. The molecule has 2 rings (SSSR count). The van der Waals surface area contributed by atoms with Gasteiger partial charge in [-0.25, -0.2) is 8.78 Å². The Hall–Kier alpha value is -1.63. The van der Waals surface area contributed by atoms with E-state index >= 15 is 0 Å². The summed E-state index contributed by atoms with van der Waals surface area (Å²) in [5.74, 6) is -1.32. The van der Waals surface area contributed by atoms with Crippen molar-refractivity contribution in [3.05, 3.63) is 29.8 Å². The lowest BCUT2D eigenvalue weighted by molar-refractivity contribution is 0.573. The Morgan fingerprint density at radius 3 is 2.69 bits per heavy atom. The zero-order chi connectivity index (χ0) is 11.7. The van der Waals surface area contributed by atoms with Crippen LogP contribution in [0.25, 0.3) is 5.69 Å². The Kier molecular flexibility index (Phi) is 2.78. The van der Waals surface area contributed by atoms with Crippen molar-refractivity contribution in [2.45, 2.75) is 5.16 Å². The molecule has 84 valence electrons. The van der Waals surface area contributed by atoms with E-state index in [1.807, 2.05) is 0 Å². The summed E-state index contributed by atoms with van der Waals surface area (Å²) in [5, 5.41) is 4.40. The molecule has 1 heterocycles. The normalized spacial score (nSPS) is 10.7. The number of hydrogen-bond acceptors (Lipinski definition) is 4. The number of rotatable bonds is 2. The maximum Gasteiger partial charge on any atom is 0.224 e. The fourth-order valence-electron chi connectivity index (χ4n) is 1.22. The first-order valence-corrected chi connectivity index (χ1v) is 5.56. The van der Waals surface area contributed by atoms with E-state index in [-0.39, 0.29) is 11.6 Å². The van der Waals surface area contributed by atoms with E-state index in [4.69, 9.17) is 5.73 Å². The number of nitrogen functional groups attached to an aromatic ring is 1. The molecule has 0 amide bonds. The average Bonchev–Trinajstić information content (AvgIpc) is 2.60. The molecule has 2 aromatic rings. The summed E-state index contributed by atoms with van der Waals surface area (Å²) in [4.78, 5) is 3.90. The van der Waals surface area contributed by atoms with Gasteiger partial charge in [0.15, 0.2) is 5.82 Å². The van der Waals surface area contributed by atoms with E-state index in [0.29, 0.717) is 5.16 Å². The van der Waals surface area contributed by atoms with Gasteiger partial charge in [-0.05, 0) is 18.4 Å². The van der Waals surface area contributed by atoms with Crippen LogP contribution in [-0.4, -0.2) is 21.0 Å². The highest BCUT2D eigenvalue weighted by Gasteiger charge is 2.12. The minimum absolute atomic E-state index is 0.0647. The number of anilines is 1. The monoisotopic (exact) mass is 242 g/mol. The quantitative estimate of drug-likeness (QED) is 0.816. The number of aromatic nitrogens is 3. The Bertz CT molecular complexity index is 526. The molecule has 0 radical (unpaired) electrons. The molecule has 0 aliphatic carbocycles. The molecule has 16 heavy (non-hydrogen) atoms. The fourth-order valence-corrected chi connectivity index (χ4v) is 1.57. The third-order valence-electron chi connectivity index (χ3n) is 1.93. The summed E-state index contributed by atoms with van der Waals surface area (Å²) in [7, 11) is 0. The van der Waals surface area contributed by atoms with Crippen LogP contribution in [0.4, 0.5) is 14.7 Å². The largest absolute Gasteiger partial charge is 0.368 e. The molecule has 0 spiro atoms. The minimum atomic E-state index is -0.732. The van der Waals surface area contributed by atoms with Gasteiger partial charge in [-0.3, -0.25) is 0 Å². The van der Waals surface area contributed by atoms with Crippen molar-refractivity contribution in [2.24, 2.45) is 0 Å². The zero-order valence-electron chi connectivity index (χ0n) is 8.32. The van der Waals surface area contributed by atoms with E-state index in [0.717, 1.165) is 16.8 Å². The van der Waals surface area contributed by atoms with Crippen LogP contribution in [0.3, 0.4) is 0 Å². The van der Waals surface area contributed by atoms with E-state index < -0.39 is 11.6 Å². The van der Waals surface area contributed by atoms with Crippen LogP contribution in [0.2, 0.25) is 0 Å². The van der Waals surface area contributed by atoms with Gasteiger partial charge in [-0.2, -0.15) is 9.67 Å². The van der Waals surface area contributed by atoms with Gasteiger partial charge in [0, 0.05) is 6.07 Å². The molecule has 0 bridgehead atoms. The lowest BCUT2D eigenvalue weighted by atomic mass is 10.3. The Morgan fingerprint density at radius 2 is 2.12 bits per heavy atom. The van der Waals surface area contributed by atoms with Crippen LogP contribution >= 0.6 is 11.8 Å². The van der Waals surface area contributed by atoms with Gasteiger partial charge >= 0.3 is 0 Å². The first-order valence-electron chi connectivity index (χ1n) is 4.34. The van der Waals surface area contributed by atoms with Gasteiger partial charge in [0.05, 0.1) is 0 Å². The second-order valence-corrected chi connectivity index (χ2v) is 3.74. The van der Waals surface area contributed by atoms with Gasteiger partial charge in [-0.1, -0.05) is 11.8 Å². The highest BCUT2D eigenvalue weighted by atomic mass is 32.2. The van der Waals surface area contributed by atoms with Gasteiger partial charge in [0.2, 0.25) is 11.1 Å². The van der Waals surface area contributed by atoms with Crippen LogP contribution in [0.5, 0.6) is 0 Å². The van der Waals surface area contributed by atoms with Crippen molar-refractivity contribution in [3.8, 4) is 5.69 Å². The van der Waals surface area contributed by atoms with Crippen LogP contribution in [0.15, 0.2) is 23.4 Å². The summed E-state index contributed by atoms with van der Waals surface area (Å²) in [6.07, 6.45) is 1.78. The van der Waals surface area contributed by atoms with Gasteiger partial charge in [-0.15, -0.1) is 5.10 Å². The lowest BCUT2D eigenvalue weighted by Crippen LogP contribution is -2.04. The molecule has 0 atom stereocenters. The Balaban J connectivity index is 2.53. The van der Waals surface area contributed by atoms with E-state index in [2.05, 4.69) is 10.1 Å². The Morgan fingerprint density at radius 1 is 1.38 bits per heavy atom. The second-order valence-electron chi connectivity index (χ2n) is 2.96. The van der Waals surface area contributed by atoms with Crippen LogP contribution < -0.4 is 5.73 Å². The van der Waals surface area contributed by atoms with Gasteiger partial charge < -0.3 is 5.73 Å². The maximum atomic E-state index is 13.4. The van der Waals surface area contributed by atoms with E-state index in [9.17, 15) is 8.78 Å². The summed E-state index contributed by atoms with van der Waals surface area (Å²) in [5.41, 5.74) is 5.65. The number of nitrogens with zero attached hydrogens (tertiary/aromatic N) is 3. The Labute approximate surface area is 94.5 Å². The van der Waals surface area contributed by atoms with Crippen molar-refractivity contribution in [2.75, 3.05) is 12.0 Å². The number of benzene rings is 1. The standard InChI is InChI=1S/C9H8F2N4S/c1-16-9-13-8(12)15(14-9)7-3-2-5(10)4-6(7)11/h2-4H,1H3,(H2,12,13,14). The third kappa shape index (κ3) is 1.85. The zero-order valence-corrected chi connectivity index (χ0v) is 9.13. The fraction of sp³-hybridized carbons (Fsp3) is 0.111. The smallest absolute Gasteiger partial charge is 0.224 e. The predicted molar refractivity (Wildman–Crippen MR) is 57.5 cm³/mol.